The largest absolute Gasteiger partial charge is 0.325 e. The number of imidazole rings is 1. The molecule has 1 atom stereocenters. The van der Waals surface area contributed by atoms with Gasteiger partial charge in [-0.15, -0.1) is 0 Å². The Hall–Kier alpha value is -1.90. The Kier molecular flexibility index (Phi) is 2.97. The van der Waals surface area contributed by atoms with Crippen LogP contribution in [0.2, 0.25) is 0 Å². The molecule has 1 unspecified atom stereocenters. The summed E-state index contributed by atoms with van der Waals surface area (Å²) in [7, 11) is 0. The normalized spacial score (nSPS) is 18.1. The molecule has 98 valence electrons. The van der Waals surface area contributed by atoms with Gasteiger partial charge in [0.15, 0.2) is 6.29 Å². The lowest BCUT2D eigenvalue weighted by atomic mass is 10.0. The molecule has 1 aliphatic heterocycles. The second-order valence-electron chi connectivity index (χ2n) is 5.38. The standard InChI is InChI=1S/C16H18N2O/c1-11-5-7-13(8-6-11)15-14(10-19)18-9-3-4-12(2)16(18)17-15/h5-8,10,12H,3-4,9H2,1-2H3. The van der Waals surface area contributed by atoms with Crippen LogP contribution in [0.25, 0.3) is 11.3 Å². The van der Waals surface area contributed by atoms with Crippen LogP contribution in [0.15, 0.2) is 24.3 Å². The molecule has 1 aliphatic rings. The van der Waals surface area contributed by atoms with Crippen molar-refractivity contribution in [2.75, 3.05) is 0 Å². The van der Waals surface area contributed by atoms with Gasteiger partial charge in [0.1, 0.15) is 11.5 Å². The number of benzene rings is 1. The van der Waals surface area contributed by atoms with E-state index in [1.165, 1.54) is 5.56 Å². The number of aromatic nitrogens is 2. The molecule has 0 saturated carbocycles. The Morgan fingerprint density at radius 1 is 1.32 bits per heavy atom. The van der Waals surface area contributed by atoms with E-state index in [-0.39, 0.29) is 0 Å². The van der Waals surface area contributed by atoms with Crippen molar-refractivity contribution in [3.8, 4) is 11.3 Å². The summed E-state index contributed by atoms with van der Waals surface area (Å²) in [5.41, 5.74) is 3.81. The number of nitrogens with zero attached hydrogens (tertiary/aromatic N) is 2. The highest BCUT2D eigenvalue weighted by molar-refractivity contribution is 5.84. The Morgan fingerprint density at radius 3 is 2.74 bits per heavy atom. The highest BCUT2D eigenvalue weighted by atomic mass is 16.1. The summed E-state index contributed by atoms with van der Waals surface area (Å²) in [4.78, 5) is 16.2. The van der Waals surface area contributed by atoms with E-state index in [4.69, 9.17) is 4.98 Å². The average Bonchev–Trinajstić information content (AvgIpc) is 2.79. The van der Waals surface area contributed by atoms with E-state index in [2.05, 4.69) is 30.5 Å². The quantitative estimate of drug-likeness (QED) is 0.768. The number of rotatable bonds is 2. The molecule has 3 nitrogen and oxygen atoms in total. The maximum Gasteiger partial charge on any atom is 0.168 e. The number of hydrogen-bond donors (Lipinski definition) is 0. The molecule has 0 N–H and O–H groups in total. The maximum absolute atomic E-state index is 11.4. The molecule has 19 heavy (non-hydrogen) atoms. The molecule has 3 heteroatoms. The van der Waals surface area contributed by atoms with Crippen LogP contribution < -0.4 is 0 Å². The summed E-state index contributed by atoms with van der Waals surface area (Å²) in [5.74, 6) is 1.50. The zero-order chi connectivity index (χ0) is 13.4. The Labute approximate surface area is 113 Å². The van der Waals surface area contributed by atoms with Crippen LogP contribution in [-0.4, -0.2) is 15.8 Å². The molecule has 1 aromatic carbocycles. The lowest BCUT2D eigenvalue weighted by Crippen LogP contribution is -2.15. The van der Waals surface area contributed by atoms with Crippen molar-refractivity contribution in [3.05, 3.63) is 41.3 Å². The third-order valence-electron chi connectivity index (χ3n) is 3.93. The topological polar surface area (TPSA) is 34.9 Å². The minimum Gasteiger partial charge on any atom is -0.325 e. The van der Waals surface area contributed by atoms with Gasteiger partial charge in [0, 0.05) is 18.0 Å². The van der Waals surface area contributed by atoms with E-state index >= 15 is 0 Å². The van der Waals surface area contributed by atoms with E-state index in [1.54, 1.807) is 0 Å². The molecule has 0 aliphatic carbocycles. The summed E-state index contributed by atoms with van der Waals surface area (Å²) in [6.45, 7) is 5.16. The third kappa shape index (κ3) is 1.99. The van der Waals surface area contributed by atoms with E-state index in [1.807, 2.05) is 12.1 Å². The molecule has 0 fully saturated rings. The molecular formula is C16H18N2O. The van der Waals surface area contributed by atoms with Crippen molar-refractivity contribution < 1.29 is 4.79 Å². The Morgan fingerprint density at radius 2 is 2.05 bits per heavy atom. The predicted molar refractivity (Wildman–Crippen MR) is 75.4 cm³/mol. The second kappa shape index (κ2) is 4.65. The fourth-order valence-corrected chi connectivity index (χ4v) is 2.82. The summed E-state index contributed by atoms with van der Waals surface area (Å²) in [6, 6.07) is 8.21. The van der Waals surface area contributed by atoms with Gasteiger partial charge in [-0.05, 0) is 19.8 Å². The smallest absolute Gasteiger partial charge is 0.168 e. The summed E-state index contributed by atoms with van der Waals surface area (Å²) in [5, 5.41) is 0. The Balaban J connectivity index is 2.16. The van der Waals surface area contributed by atoms with Gasteiger partial charge in [-0.1, -0.05) is 36.8 Å². The molecule has 0 saturated heterocycles. The molecule has 0 spiro atoms. The lowest BCUT2D eigenvalue weighted by molar-refractivity contribution is 0.111. The van der Waals surface area contributed by atoms with Crippen LogP contribution in [0.5, 0.6) is 0 Å². The number of carbonyl (C=O) groups excluding carboxylic acids is 1. The molecule has 1 aromatic heterocycles. The van der Waals surface area contributed by atoms with E-state index in [0.29, 0.717) is 5.92 Å². The molecule has 2 heterocycles. The maximum atomic E-state index is 11.4. The fourth-order valence-electron chi connectivity index (χ4n) is 2.82. The molecule has 2 aromatic rings. The highest BCUT2D eigenvalue weighted by Crippen LogP contribution is 2.32. The van der Waals surface area contributed by atoms with Gasteiger partial charge in [0.2, 0.25) is 0 Å². The lowest BCUT2D eigenvalue weighted by Gasteiger charge is -2.20. The first kappa shape index (κ1) is 12.2. The molecule has 0 radical (unpaired) electrons. The highest BCUT2D eigenvalue weighted by Gasteiger charge is 2.24. The van der Waals surface area contributed by atoms with Crippen LogP contribution in [0.3, 0.4) is 0 Å². The number of hydrogen-bond acceptors (Lipinski definition) is 2. The van der Waals surface area contributed by atoms with Crippen molar-refractivity contribution in [2.24, 2.45) is 0 Å². The molecular weight excluding hydrogens is 236 g/mol. The van der Waals surface area contributed by atoms with Gasteiger partial charge in [0.25, 0.3) is 0 Å². The first-order valence-corrected chi connectivity index (χ1v) is 6.83. The summed E-state index contributed by atoms with van der Waals surface area (Å²) in [6.07, 6.45) is 3.23. The summed E-state index contributed by atoms with van der Waals surface area (Å²) >= 11 is 0. The van der Waals surface area contributed by atoms with Gasteiger partial charge < -0.3 is 4.57 Å². The minimum atomic E-state index is 0.437. The first-order chi connectivity index (χ1) is 9.20. The monoisotopic (exact) mass is 254 g/mol. The third-order valence-corrected chi connectivity index (χ3v) is 3.93. The Bertz CT molecular complexity index is 610. The van der Waals surface area contributed by atoms with Gasteiger partial charge in [0.05, 0.1) is 5.69 Å². The van der Waals surface area contributed by atoms with Crippen LogP contribution in [0, 0.1) is 6.92 Å². The van der Waals surface area contributed by atoms with Crippen LogP contribution in [0.1, 0.15) is 47.6 Å². The van der Waals surface area contributed by atoms with E-state index in [0.717, 1.165) is 48.4 Å². The number of carbonyl (C=O) groups is 1. The molecule has 0 amide bonds. The molecule has 3 rings (SSSR count). The fraction of sp³-hybridized carbons (Fsp3) is 0.375. The minimum absolute atomic E-state index is 0.437. The van der Waals surface area contributed by atoms with Gasteiger partial charge in [-0.25, -0.2) is 4.98 Å². The van der Waals surface area contributed by atoms with Crippen molar-refractivity contribution in [1.29, 1.82) is 0 Å². The summed E-state index contributed by atoms with van der Waals surface area (Å²) < 4.78 is 2.09. The van der Waals surface area contributed by atoms with E-state index in [9.17, 15) is 4.79 Å². The first-order valence-electron chi connectivity index (χ1n) is 6.83. The predicted octanol–water partition coefficient (Wildman–Crippen LogP) is 3.57. The number of fused-ring (bicyclic) bond motifs is 1. The zero-order valence-corrected chi connectivity index (χ0v) is 11.4. The van der Waals surface area contributed by atoms with Crippen LogP contribution in [-0.2, 0) is 6.54 Å². The second-order valence-corrected chi connectivity index (χ2v) is 5.38. The number of aldehydes is 1. The average molecular weight is 254 g/mol. The molecule has 0 bridgehead atoms. The zero-order valence-electron chi connectivity index (χ0n) is 11.4. The van der Waals surface area contributed by atoms with Gasteiger partial charge in [-0.3, -0.25) is 4.79 Å². The van der Waals surface area contributed by atoms with Gasteiger partial charge in [-0.2, -0.15) is 0 Å². The van der Waals surface area contributed by atoms with E-state index < -0.39 is 0 Å². The van der Waals surface area contributed by atoms with Crippen molar-refractivity contribution in [2.45, 2.75) is 39.2 Å². The van der Waals surface area contributed by atoms with Gasteiger partial charge >= 0.3 is 0 Å². The van der Waals surface area contributed by atoms with Crippen LogP contribution >= 0.6 is 0 Å². The SMILES string of the molecule is Cc1ccc(-c2nc3n(c2C=O)CCCC3C)cc1. The van der Waals surface area contributed by atoms with Crippen molar-refractivity contribution >= 4 is 6.29 Å². The van der Waals surface area contributed by atoms with Crippen LogP contribution in [0.4, 0.5) is 0 Å². The van der Waals surface area contributed by atoms with Crippen molar-refractivity contribution in [1.82, 2.24) is 9.55 Å². The van der Waals surface area contributed by atoms with Crippen molar-refractivity contribution in [3.63, 3.8) is 0 Å². The number of aryl methyl sites for hydroxylation is 1.